The molecule has 1 saturated carbocycles. The third-order valence-corrected chi connectivity index (χ3v) is 4.66. The molecule has 0 aliphatic heterocycles. The fourth-order valence-electron chi connectivity index (χ4n) is 3.14. The summed E-state index contributed by atoms with van der Waals surface area (Å²) in [6.45, 7) is 0. The molecule has 3 rings (SSSR count). The molecule has 0 amide bonds. The zero-order valence-corrected chi connectivity index (χ0v) is 12.4. The Morgan fingerprint density at radius 1 is 1.10 bits per heavy atom. The van der Waals surface area contributed by atoms with Crippen LogP contribution in [0.15, 0.2) is 42.5 Å². The van der Waals surface area contributed by atoms with Gasteiger partial charge in [0.1, 0.15) is 0 Å². The van der Waals surface area contributed by atoms with Crippen molar-refractivity contribution in [3.63, 3.8) is 0 Å². The third kappa shape index (κ3) is 2.45. The smallest absolute Gasteiger partial charge is 0.160 e. The van der Waals surface area contributed by atoms with Crippen molar-refractivity contribution in [2.45, 2.75) is 24.3 Å². The minimum Gasteiger partial charge on any atom is -0.312 e. The number of benzene rings is 2. The van der Waals surface area contributed by atoms with Crippen molar-refractivity contribution in [3.8, 4) is 0 Å². The van der Waals surface area contributed by atoms with Gasteiger partial charge in [-0.25, -0.2) is 8.78 Å². The average Bonchev–Trinajstić information content (AvgIpc) is 3.28. The minimum atomic E-state index is -0.914. The first-order chi connectivity index (χ1) is 10.1. The number of likely N-dealkylation sites (N-methyl/N-ethyl adjacent to an activating group) is 1. The highest BCUT2D eigenvalue weighted by molar-refractivity contribution is 6.31. The van der Waals surface area contributed by atoms with Crippen molar-refractivity contribution in [1.82, 2.24) is 5.32 Å². The van der Waals surface area contributed by atoms with Gasteiger partial charge in [-0.3, -0.25) is 0 Å². The van der Waals surface area contributed by atoms with E-state index < -0.39 is 11.6 Å². The molecule has 110 valence electrons. The molecule has 1 aliphatic rings. The number of hydrogen-bond donors (Lipinski definition) is 1. The Kier molecular flexibility index (Phi) is 3.72. The Labute approximate surface area is 127 Å². The molecule has 0 radical (unpaired) electrons. The highest BCUT2D eigenvalue weighted by atomic mass is 35.5. The molecule has 1 nitrogen and oxygen atoms in total. The van der Waals surface area contributed by atoms with E-state index in [1.165, 1.54) is 11.6 Å². The zero-order chi connectivity index (χ0) is 15.0. The van der Waals surface area contributed by atoms with E-state index in [1.54, 1.807) is 0 Å². The van der Waals surface area contributed by atoms with Gasteiger partial charge in [0.25, 0.3) is 0 Å². The van der Waals surface area contributed by atoms with Gasteiger partial charge in [0.2, 0.25) is 0 Å². The van der Waals surface area contributed by atoms with Crippen molar-refractivity contribution >= 4 is 11.6 Å². The minimum absolute atomic E-state index is 0.0933. The molecule has 0 spiro atoms. The fourth-order valence-corrected chi connectivity index (χ4v) is 3.40. The van der Waals surface area contributed by atoms with Gasteiger partial charge in [-0.2, -0.15) is 0 Å². The highest BCUT2D eigenvalue weighted by Crippen LogP contribution is 2.57. The molecule has 0 heterocycles. The Bertz CT molecular complexity index is 653. The molecule has 1 fully saturated rings. The van der Waals surface area contributed by atoms with Crippen molar-refractivity contribution in [2.75, 3.05) is 7.05 Å². The normalized spacial score (nSPS) is 17.5. The van der Waals surface area contributed by atoms with Crippen molar-refractivity contribution < 1.29 is 8.78 Å². The van der Waals surface area contributed by atoms with Gasteiger partial charge in [-0.15, -0.1) is 0 Å². The van der Waals surface area contributed by atoms with Crippen LogP contribution >= 0.6 is 11.6 Å². The molecule has 1 aliphatic carbocycles. The predicted octanol–water partition coefficient (Wildman–Crippen LogP) is 4.61. The standard InChI is InChI=1S/C17H16ClF2N/c1-21-16(12-9-14(19)15(20)10-13(12)18)17(7-8-17)11-5-3-2-4-6-11/h2-6,9-10,16,21H,7-8H2,1H3. The molecule has 4 heteroatoms. The highest BCUT2D eigenvalue weighted by Gasteiger charge is 2.51. The van der Waals surface area contributed by atoms with Gasteiger partial charge in [0.05, 0.1) is 0 Å². The summed E-state index contributed by atoms with van der Waals surface area (Å²) in [6, 6.07) is 12.2. The lowest BCUT2D eigenvalue weighted by atomic mass is 9.84. The molecule has 21 heavy (non-hydrogen) atoms. The third-order valence-electron chi connectivity index (χ3n) is 4.33. The quantitative estimate of drug-likeness (QED) is 0.813. The summed E-state index contributed by atoms with van der Waals surface area (Å²) in [5.41, 5.74) is 1.72. The summed E-state index contributed by atoms with van der Waals surface area (Å²) >= 11 is 6.15. The molecule has 1 N–H and O–H groups in total. The van der Waals surface area contributed by atoms with Crippen LogP contribution in [-0.2, 0) is 5.41 Å². The molecule has 0 aromatic heterocycles. The summed E-state index contributed by atoms with van der Waals surface area (Å²) in [6.07, 6.45) is 2.00. The molecule has 1 unspecified atom stereocenters. The largest absolute Gasteiger partial charge is 0.312 e. The zero-order valence-electron chi connectivity index (χ0n) is 11.7. The molecular weight excluding hydrogens is 292 g/mol. The number of halogens is 3. The van der Waals surface area contributed by atoms with E-state index in [2.05, 4.69) is 17.4 Å². The van der Waals surface area contributed by atoms with E-state index in [0.29, 0.717) is 5.56 Å². The molecule has 0 saturated heterocycles. The molecule has 2 aromatic rings. The van der Waals surface area contributed by atoms with Crippen molar-refractivity contribution in [1.29, 1.82) is 0 Å². The summed E-state index contributed by atoms with van der Waals surface area (Å²) in [7, 11) is 1.82. The van der Waals surface area contributed by atoms with Crippen LogP contribution in [0.4, 0.5) is 8.78 Å². The summed E-state index contributed by atoms with van der Waals surface area (Å²) in [4.78, 5) is 0. The number of rotatable bonds is 4. The Balaban J connectivity index is 2.06. The Morgan fingerprint density at radius 3 is 2.29 bits per heavy atom. The maximum absolute atomic E-state index is 13.6. The van der Waals surface area contributed by atoms with Crippen LogP contribution < -0.4 is 5.32 Å². The van der Waals surface area contributed by atoms with Crippen LogP contribution in [0.25, 0.3) is 0 Å². The molecular formula is C17H16ClF2N. The van der Waals surface area contributed by atoms with Crippen molar-refractivity contribution in [2.24, 2.45) is 0 Å². The first-order valence-corrected chi connectivity index (χ1v) is 7.33. The second-order valence-electron chi connectivity index (χ2n) is 5.53. The van der Waals surface area contributed by atoms with E-state index >= 15 is 0 Å². The number of nitrogens with one attached hydrogen (secondary N) is 1. The second kappa shape index (κ2) is 5.39. The monoisotopic (exact) mass is 307 g/mol. The number of hydrogen-bond acceptors (Lipinski definition) is 1. The average molecular weight is 308 g/mol. The maximum atomic E-state index is 13.6. The first-order valence-electron chi connectivity index (χ1n) is 6.96. The summed E-state index contributed by atoms with van der Waals surface area (Å²) in [5, 5.41) is 3.49. The summed E-state index contributed by atoms with van der Waals surface area (Å²) in [5.74, 6) is -1.78. The van der Waals surface area contributed by atoms with Crippen molar-refractivity contribution in [3.05, 3.63) is 70.2 Å². The van der Waals surface area contributed by atoms with Crippen LogP contribution in [0.5, 0.6) is 0 Å². The van der Waals surface area contributed by atoms with E-state index in [0.717, 1.165) is 18.9 Å². The Morgan fingerprint density at radius 2 is 1.71 bits per heavy atom. The lowest BCUT2D eigenvalue weighted by Crippen LogP contribution is -2.30. The van der Waals surface area contributed by atoms with Gasteiger partial charge in [0.15, 0.2) is 11.6 Å². The van der Waals surface area contributed by atoms with Gasteiger partial charge in [-0.1, -0.05) is 41.9 Å². The second-order valence-corrected chi connectivity index (χ2v) is 5.94. The lowest BCUT2D eigenvalue weighted by molar-refractivity contribution is 0.454. The van der Waals surface area contributed by atoms with Crippen LogP contribution in [0.1, 0.15) is 30.0 Å². The van der Waals surface area contributed by atoms with Gasteiger partial charge in [0, 0.05) is 16.5 Å². The van der Waals surface area contributed by atoms with E-state index in [-0.39, 0.29) is 16.5 Å². The van der Waals surface area contributed by atoms with Crippen LogP contribution in [-0.4, -0.2) is 7.05 Å². The SMILES string of the molecule is CNC(c1cc(F)c(F)cc1Cl)C1(c2ccccc2)CC1. The fraction of sp³-hybridized carbons (Fsp3) is 0.294. The molecule has 2 aromatic carbocycles. The topological polar surface area (TPSA) is 12.0 Å². The van der Waals surface area contributed by atoms with Gasteiger partial charge in [-0.05, 0) is 43.1 Å². The molecule has 0 bridgehead atoms. The van der Waals surface area contributed by atoms with Gasteiger partial charge < -0.3 is 5.32 Å². The van der Waals surface area contributed by atoms with E-state index in [4.69, 9.17) is 11.6 Å². The summed E-state index contributed by atoms with van der Waals surface area (Å²) < 4.78 is 26.9. The maximum Gasteiger partial charge on any atom is 0.160 e. The van der Waals surface area contributed by atoms with Crippen LogP contribution in [0.3, 0.4) is 0 Å². The van der Waals surface area contributed by atoms with E-state index in [9.17, 15) is 8.78 Å². The van der Waals surface area contributed by atoms with Crippen LogP contribution in [0, 0.1) is 11.6 Å². The van der Waals surface area contributed by atoms with Gasteiger partial charge >= 0.3 is 0 Å². The predicted molar refractivity (Wildman–Crippen MR) is 80.5 cm³/mol. The van der Waals surface area contributed by atoms with Crippen LogP contribution in [0.2, 0.25) is 5.02 Å². The lowest BCUT2D eigenvalue weighted by Gasteiger charge is -2.28. The van der Waals surface area contributed by atoms with E-state index in [1.807, 2.05) is 25.2 Å². The Hall–Kier alpha value is -1.45. The first kappa shape index (κ1) is 14.5. The molecule has 1 atom stereocenters.